The van der Waals surface area contributed by atoms with Crippen LogP contribution in [0.3, 0.4) is 0 Å². The SMILES string of the molecule is C/C=C/C(=O)NCCc1ccc(S(=O)(=O)N2CCN(C3CCCCC3)C2=N)cc1.Cl. The van der Waals surface area contributed by atoms with Crippen molar-refractivity contribution >= 4 is 34.3 Å². The van der Waals surface area contributed by atoms with Crippen LogP contribution in [0.25, 0.3) is 0 Å². The maximum atomic E-state index is 13.1. The highest BCUT2D eigenvalue weighted by atomic mass is 35.5. The lowest BCUT2D eigenvalue weighted by Gasteiger charge is -2.32. The van der Waals surface area contributed by atoms with Gasteiger partial charge < -0.3 is 10.2 Å². The van der Waals surface area contributed by atoms with E-state index in [1.807, 2.05) is 4.90 Å². The van der Waals surface area contributed by atoms with Crippen LogP contribution in [-0.4, -0.2) is 55.2 Å². The zero-order chi connectivity index (χ0) is 20.9. The molecule has 1 heterocycles. The first-order valence-electron chi connectivity index (χ1n) is 10.3. The van der Waals surface area contributed by atoms with Crippen LogP contribution in [0.4, 0.5) is 0 Å². The molecule has 0 bridgehead atoms. The fraction of sp³-hybridized carbons (Fsp3) is 0.524. The number of allylic oxidation sites excluding steroid dienone is 1. The molecule has 7 nitrogen and oxygen atoms in total. The number of guanidine groups is 1. The maximum absolute atomic E-state index is 13.1. The lowest BCUT2D eigenvalue weighted by Crippen LogP contribution is -2.42. The number of carbonyl (C=O) groups excluding carboxylic acids is 1. The van der Waals surface area contributed by atoms with Crippen molar-refractivity contribution in [3.8, 4) is 0 Å². The lowest BCUT2D eigenvalue weighted by atomic mass is 9.94. The van der Waals surface area contributed by atoms with Crippen molar-refractivity contribution in [2.45, 2.75) is 56.4 Å². The highest BCUT2D eigenvalue weighted by molar-refractivity contribution is 7.89. The van der Waals surface area contributed by atoms with Gasteiger partial charge in [0.25, 0.3) is 10.0 Å². The van der Waals surface area contributed by atoms with Gasteiger partial charge in [0, 0.05) is 19.1 Å². The number of amides is 1. The quantitative estimate of drug-likeness (QED) is 0.619. The highest BCUT2D eigenvalue weighted by Crippen LogP contribution is 2.28. The van der Waals surface area contributed by atoms with Gasteiger partial charge in [-0.1, -0.05) is 37.5 Å². The van der Waals surface area contributed by atoms with E-state index in [2.05, 4.69) is 5.32 Å². The van der Waals surface area contributed by atoms with Crippen LogP contribution in [0.1, 0.15) is 44.6 Å². The predicted molar refractivity (Wildman–Crippen MR) is 120 cm³/mol. The molecule has 2 aliphatic rings. The first-order chi connectivity index (χ1) is 13.9. The zero-order valence-electron chi connectivity index (χ0n) is 17.3. The summed E-state index contributed by atoms with van der Waals surface area (Å²) < 4.78 is 27.3. The number of benzene rings is 1. The third kappa shape index (κ3) is 5.55. The Kier molecular flexibility index (Phi) is 8.73. The number of hydrogen-bond acceptors (Lipinski definition) is 4. The molecule has 1 aliphatic heterocycles. The van der Waals surface area contributed by atoms with Crippen molar-refractivity contribution in [3.05, 3.63) is 42.0 Å². The van der Waals surface area contributed by atoms with Crippen molar-refractivity contribution < 1.29 is 13.2 Å². The average Bonchev–Trinajstić information content (AvgIpc) is 3.11. The molecule has 0 unspecified atom stereocenters. The van der Waals surface area contributed by atoms with E-state index in [1.54, 1.807) is 37.3 Å². The van der Waals surface area contributed by atoms with Crippen LogP contribution in [0.15, 0.2) is 41.3 Å². The molecule has 2 N–H and O–H groups in total. The number of hydrogen-bond donors (Lipinski definition) is 2. The molecule has 0 aromatic heterocycles. The second kappa shape index (κ2) is 10.8. The molecule has 1 saturated carbocycles. The van der Waals surface area contributed by atoms with Gasteiger partial charge in [-0.05, 0) is 50.0 Å². The minimum atomic E-state index is -3.73. The third-order valence-corrected chi connectivity index (χ3v) is 7.41. The molecule has 166 valence electrons. The molecule has 9 heteroatoms. The molecule has 0 radical (unpaired) electrons. The summed E-state index contributed by atoms with van der Waals surface area (Å²) in [7, 11) is -3.73. The molecule has 0 atom stereocenters. The Morgan fingerprint density at radius 1 is 1.17 bits per heavy atom. The van der Waals surface area contributed by atoms with Crippen LogP contribution in [0.5, 0.6) is 0 Å². The number of halogens is 1. The number of rotatable bonds is 7. The summed E-state index contributed by atoms with van der Waals surface area (Å²) in [5.74, 6) is -0.0329. The average molecular weight is 455 g/mol. The van der Waals surface area contributed by atoms with E-state index in [9.17, 15) is 13.2 Å². The van der Waals surface area contributed by atoms with Crippen LogP contribution in [0.2, 0.25) is 0 Å². The summed E-state index contributed by atoms with van der Waals surface area (Å²) in [5, 5.41) is 11.2. The minimum absolute atomic E-state index is 0. The molecular formula is C21H31ClN4O3S. The zero-order valence-corrected chi connectivity index (χ0v) is 19.0. The van der Waals surface area contributed by atoms with Crippen molar-refractivity contribution in [1.82, 2.24) is 14.5 Å². The van der Waals surface area contributed by atoms with E-state index in [0.717, 1.165) is 31.2 Å². The van der Waals surface area contributed by atoms with Gasteiger partial charge in [-0.25, -0.2) is 12.7 Å². The minimum Gasteiger partial charge on any atom is -0.352 e. The van der Waals surface area contributed by atoms with E-state index < -0.39 is 10.0 Å². The normalized spacial score (nSPS) is 18.0. The van der Waals surface area contributed by atoms with Gasteiger partial charge in [0.05, 0.1) is 11.4 Å². The third-order valence-electron chi connectivity index (χ3n) is 5.61. The van der Waals surface area contributed by atoms with Crippen LogP contribution in [-0.2, 0) is 21.2 Å². The number of nitrogens with zero attached hydrogens (tertiary/aromatic N) is 2. The second-order valence-electron chi connectivity index (χ2n) is 7.57. The number of sulfonamides is 1. The summed E-state index contributed by atoms with van der Waals surface area (Å²) >= 11 is 0. The molecule has 1 saturated heterocycles. The smallest absolute Gasteiger partial charge is 0.266 e. The van der Waals surface area contributed by atoms with Gasteiger partial charge in [-0.15, -0.1) is 12.4 Å². The monoisotopic (exact) mass is 454 g/mol. The van der Waals surface area contributed by atoms with Gasteiger partial charge in [0.15, 0.2) is 0 Å². The van der Waals surface area contributed by atoms with Gasteiger partial charge in [0.1, 0.15) is 0 Å². The Balaban J connectivity index is 0.00000320. The molecule has 30 heavy (non-hydrogen) atoms. The molecule has 1 aliphatic carbocycles. The topological polar surface area (TPSA) is 93.6 Å². The number of nitrogens with one attached hydrogen (secondary N) is 2. The fourth-order valence-electron chi connectivity index (χ4n) is 4.03. The molecule has 0 spiro atoms. The standard InChI is InChI=1S/C21H30N4O3S.ClH/c1-2-6-20(26)23-14-13-17-9-11-19(12-10-17)29(27,28)25-16-15-24(21(25)22)18-7-4-3-5-8-18;/h2,6,9-12,18,22H,3-5,7-8,13-16H2,1H3,(H,23,26);1H/b6-2+,22-21?;. The van der Waals surface area contributed by atoms with Crippen molar-refractivity contribution in [2.24, 2.45) is 0 Å². The highest BCUT2D eigenvalue weighted by Gasteiger charge is 2.38. The summed E-state index contributed by atoms with van der Waals surface area (Å²) in [6, 6.07) is 7.02. The molecule has 3 rings (SSSR count). The Labute approximate surface area is 185 Å². The first kappa shape index (κ1) is 24.2. The Morgan fingerprint density at radius 3 is 2.47 bits per heavy atom. The summed E-state index contributed by atoms with van der Waals surface area (Å²) in [4.78, 5) is 13.6. The van der Waals surface area contributed by atoms with Crippen molar-refractivity contribution in [2.75, 3.05) is 19.6 Å². The summed E-state index contributed by atoms with van der Waals surface area (Å²) in [6.45, 7) is 3.19. The molecule has 1 aromatic carbocycles. The Bertz CT molecular complexity index is 865. The largest absolute Gasteiger partial charge is 0.352 e. The van der Waals surface area contributed by atoms with E-state index in [4.69, 9.17) is 5.41 Å². The molecular weight excluding hydrogens is 424 g/mol. The second-order valence-corrected chi connectivity index (χ2v) is 9.43. The number of carbonyl (C=O) groups is 1. The Morgan fingerprint density at radius 2 is 1.83 bits per heavy atom. The van der Waals surface area contributed by atoms with E-state index in [0.29, 0.717) is 26.1 Å². The van der Waals surface area contributed by atoms with E-state index in [1.165, 1.54) is 16.8 Å². The molecule has 1 amide bonds. The first-order valence-corrected chi connectivity index (χ1v) is 11.7. The van der Waals surface area contributed by atoms with Gasteiger partial charge in [-0.2, -0.15) is 0 Å². The Hall–Kier alpha value is -2.06. The van der Waals surface area contributed by atoms with Gasteiger partial charge in [0.2, 0.25) is 11.9 Å². The predicted octanol–water partition coefficient (Wildman–Crippen LogP) is 2.92. The van der Waals surface area contributed by atoms with Crippen molar-refractivity contribution in [3.63, 3.8) is 0 Å². The summed E-state index contributed by atoms with van der Waals surface area (Å²) in [6.07, 6.45) is 9.38. The maximum Gasteiger partial charge on any atom is 0.266 e. The van der Waals surface area contributed by atoms with Gasteiger partial charge in [-0.3, -0.25) is 10.2 Å². The fourth-order valence-corrected chi connectivity index (χ4v) is 5.42. The van der Waals surface area contributed by atoms with E-state index >= 15 is 0 Å². The van der Waals surface area contributed by atoms with Crippen LogP contribution < -0.4 is 5.32 Å². The summed E-state index contributed by atoms with van der Waals surface area (Å²) in [5.41, 5.74) is 0.949. The molecule has 2 fully saturated rings. The van der Waals surface area contributed by atoms with Crippen molar-refractivity contribution in [1.29, 1.82) is 5.41 Å². The van der Waals surface area contributed by atoms with Crippen LogP contribution >= 0.6 is 12.4 Å². The van der Waals surface area contributed by atoms with Crippen LogP contribution in [0, 0.1) is 5.41 Å². The van der Waals surface area contributed by atoms with Gasteiger partial charge >= 0.3 is 0 Å². The lowest BCUT2D eigenvalue weighted by molar-refractivity contribution is -0.116. The van der Waals surface area contributed by atoms with E-state index in [-0.39, 0.29) is 35.2 Å². The molecule has 1 aromatic rings.